The van der Waals surface area contributed by atoms with Crippen molar-refractivity contribution in [1.82, 2.24) is 9.62 Å². The second-order valence-corrected chi connectivity index (χ2v) is 8.43. The molecule has 0 unspecified atom stereocenters. The number of nitrogens with one attached hydrogen (secondary N) is 2. The number of nitrogens with zero attached hydrogens (tertiary/aromatic N) is 1. The average molecular weight is 408 g/mol. The Morgan fingerprint density at radius 1 is 1.22 bits per heavy atom. The number of rotatable bonds is 7. The molecule has 2 rings (SSSR count). The van der Waals surface area contributed by atoms with Gasteiger partial charge in [-0.25, -0.2) is 8.42 Å². The number of halogens is 3. The fourth-order valence-corrected chi connectivity index (χ4v) is 4.63. The van der Waals surface area contributed by atoms with Crippen LogP contribution < -0.4 is 10.2 Å². The first-order valence-corrected chi connectivity index (χ1v) is 10.4. The number of sulfonamides is 1. The largest absolute Gasteiger partial charge is 0.417 e. The number of unbranched alkanes of at least 4 members (excludes halogenated alkanes) is 1. The Bertz CT molecular complexity index is 745. The van der Waals surface area contributed by atoms with E-state index in [0.717, 1.165) is 34.2 Å². The van der Waals surface area contributed by atoms with E-state index in [-0.39, 0.29) is 25.5 Å². The van der Waals surface area contributed by atoms with E-state index in [1.807, 2.05) is 6.92 Å². The van der Waals surface area contributed by atoms with Crippen molar-refractivity contribution >= 4 is 15.9 Å². The fraction of sp³-hybridized carbons (Fsp3) is 0.588. The first-order valence-electron chi connectivity index (χ1n) is 8.93. The molecule has 1 heterocycles. The van der Waals surface area contributed by atoms with E-state index >= 15 is 0 Å². The van der Waals surface area contributed by atoms with Gasteiger partial charge in [0.05, 0.1) is 36.6 Å². The van der Waals surface area contributed by atoms with Crippen LogP contribution in [0.15, 0.2) is 29.2 Å². The molecule has 0 spiro atoms. The maximum Gasteiger partial charge on any atom is 0.417 e. The highest BCUT2D eigenvalue weighted by Gasteiger charge is 2.40. The highest BCUT2D eigenvalue weighted by molar-refractivity contribution is 7.89. The van der Waals surface area contributed by atoms with Crippen LogP contribution >= 0.6 is 0 Å². The summed E-state index contributed by atoms with van der Waals surface area (Å²) in [6, 6.07) is 4.21. The van der Waals surface area contributed by atoms with E-state index in [4.69, 9.17) is 0 Å². The van der Waals surface area contributed by atoms with Crippen molar-refractivity contribution < 1.29 is 31.3 Å². The molecule has 1 amide bonds. The third-order valence-corrected chi connectivity index (χ3v) is 6.46. The Hall–Kier alpha value is -1.65. The normalized spacial score (nSPS) is 17.0. The third-order valence-electron chi connectivity index (χ3n) is 4.50. The predicted molar refractivity (Wildman–Crippen MR) is 93.7 cm³/mol. The zero-order chi connectivity index (χ0) is 20.1. The number of hydrogen-bond acceptors (Lipinski definition) is 3. The van der Waals surface area contributed by atoms with Crippen LogP contribution in [0.25, 0.3) is 0 Å². The Morgan fingerprint density at radius 2 is 1.85 bits per heavy atom. The molecule has 27 heavy (non-hydrogen) atoms. The molecule has 0 aromatic heterocycles. The maximum absolute atomic E-state index is 13.1. The summed E-state index contributed by atoms with van der Waals surface area (Å²) in [6.45, 7) is 3.75. The summed E-state index contributed by atoms with van der Waals surface area (Å²) < 4.78 is 65.9. The monoisotopic (exact) mass is 408 g/mol. The van der Waals surface area contributed by atoms with Gasteiger partial charge >= 0.3 is 6.18 Å². The minimum absolute atomic E-state index is 0.0755. The second-order valence-electron chi connectivity index (χ2n) is 6.53. The minimum Gasteiger partial charge on any atom is -0.351 e. The second kappa shape index (κ2) is 9.03. The van der Waals surface area contributed by atoms with Crippen molar-refractivity contribution in [3.05, 3.63) is 29.8 Å². The first-order chi connectivity index (χ1) is 12.7. The Balaban J connectivity index is 2.01. The summed E-state index contributed by atoms with van der Waals surface area (Å²) in [5.41, 5.74) is -1.16. The van der Waals surface area contributed by atoms with Crippen molar-refractivity contribution in [2.75, 3.05) is 39.3 Å². The Morgan fingerprint density at radius 3 is 2.44 bits per heavy atom. The summed E-state index contributed by atoms with van der Waals surface area (Å²) in [5, 5.41) is 2.81. The number of benzene rings is 1. The lowest BCUT2D eigenvalue weighted by Gasteiger charge is -2.31. The van der Waals surface area contributed by atoms with E-state index in [0.29, 0.717) is 19.6 Å². The van der Waals surface area contributed by atoms with Crippen molar-refractivity contribution in [2.24, 2.45) is 0 Å². The number of hydrogen-bond donors (Lipinski definition) is 2. The van der Waals surface area contributed by atoms with E-state index in [9.17, 15) is 26.4 Å². The van der Waals surface area contributed by atoms with Gasteiger partial charge in [-0.15, -0.1) is 0 Å². The molecular weight excluding hydrogens is 383 g/mol. The van der Waals surface area contributed by atoms with Crippen molar-refractivity contribution in [3.8, 4) is 0 Å². The molecule has 1 aromatic carbocycles. The summed E-state index contributed by atoms with van der Waals surface area (Å²) >= 11 is 0. The Labute approximate surface area is 157 Å². The lowest BCUT2D eigenvalue weighted by molar-refractivity contribution is -0.895. The molecule has 10 heteroatoms. The standard InChI is InChI=1S/C17H24F3N3O3S/c1-2-3-8-21-16(24)13-22-9-11-23(12-10-22)27(25,26)15-7-5-4-6-14(15)17(18,19)20/h4-7H,2-3,8-13H2,1H3,(H,21,24)/p+1. The topological polar surface area (TPSA) is 70.9 Å². The van der Waals surface area contributed by atoms with E-state index < -0.39 is 26.7 Å². The fourth-order valence-electron chi connectivity index (χ4n) is 2.98. The summed E-state index contributed by atoms with van der Waals surface area (Å²) in [4.78, 5) is 12.0. The molecule has 152 valence electrons. The molecule has 1 saturated heterocycles. The average Bonchev–Trinajstić information content (AvgIpc) is 2.62. The molecule has 0 saturated carbocycles. The Kier molecular flexibility index (Phi) is 7.24. The molecule has 1 aromatic rings. The van der Waals surface area contributed by atoms with Crippen molar-refractivity contribution in [2.45, 2.75) is 30.8 Å². The zero-order valence-corrected chi connectivity index (χ0v) is 16.0. The van der Waals surface area contributed by atoms with Gasteiger partial charge in [0.15, 0.2) is 6.54 Å². The van der Waals surface area contributed by atoms with Gasteiger partial charge in [-0.2, -0.15) is 17.5 Å². The van der Waals surface area contributed by atoms with Gasteiger partial charge < -0.3 is 10.2 Å². The number of carbonyl (C=O) groups excluding carboxylic acids is 1. The minimum atomic E-state index is -4.74. The van der Waals surface area contributed by atoms with Gasteiger partial charge in [-0.1, -0.05) is 25.5 Å². The number of piperazine rings is 1. The number of alkyl halides is 3. The lowest BCUT2D eigenvalue weighted by Crippen LogP contribution is -3.15. The maximum atomic E-state index is 13.1. The van der Waals surface area contributed by atoms with Crippen LogP contribution in [0, 0.1) is 0 Å². The van der Waals surface area contributed by atoms with Gasteiger partial charge in [0.2, 0.25) is 10.0 Å². The third kappa shape index (κ3) is 5.66. The van der Waals surface area contributed by atoms with Gasteiger partial charge in [0.1, 0.15) is 0 Å². The van der Waals surface area contributed by atoms with Crippen LogP contribution in [0.2, 0.25) is 0 Å². The van der Waals surface area contributed by atoms with E-state index in [1.165, 1.54) is 12.1 Å². The molecule has 0 atom stereocenters. The summed E-state index contributed by atoms with van der Waals surface area (Å²) in [6.07, 6.45) is -2.87. The molecule has 1 aliphatic rings. The summed E-state index contributed by atoms with van der Waals surface area (Å²) in [5.74, 6) is -0.0998. The lowest BCUT2D eigenvalue weighted by atomic mass is 10.2. The number of amides is 1. The van der Waals surface area contributed by atoms with Gasteiger partial charge in [0.25, 0.3) is 5.91 Å². The summed E-state index contributed by atoms with van der Waals surface area (Å²) in [7, 11) is -4.25. The van der Waals surface area contributed by atoms with Gasteiger partial charge in [-0.3, -0.25) is 4.79 Å². The predicted octanol–water partition coefficient (Wildman–Crippen LogP) is 0.511. The quantitative estimate of drug-likeness (QED) is 0.646. The first kappa shape index (κ1) is 21.6. The van der Waals surface area contributed by atoms with E-state index in [1.54, 1.807) is 0 Å². The number of quaternary nitrogens is 1. The molecule has 2 N–H and O–H groups in total. The van der Waals surface area contributed by atoms with Crippen LogP contribution in [-0.2, 0) is 21.0 Å². The molecule has 1 aliphatic heterocycles. The molecule has 0 aliphatic carbocycles. The number of carbonyl (C=O) groups is 1. The van der Waals surface area contributed by atoms with Crippen LogP contribution in [0.3, 0.4) is 0 Å². The van der Waals surface area contributed by atoms with Crippen LogP contribution in [-0.4, -0.2) is 57.9 Å². The molecule has 0 radical (unpaired) electrons. The van der Waals surface area contributed by atoms with Crippen molar-refractivity contribution in [1.29, 1.82) is 0 Å². The SMILES string of the molecule is CCCCNC(=O)C[NH+]1CCN(S(=O)(=O)c2ccccc2C(F)(F)F)CC1. The molecule has 1 fully saturated rings. The van der Waals surface area contributed by atoms with Crippen molar-refractivity contribution in [3.63, 3.8) is 0 Å². The van der Waals surface area contributed by atoms with Crippen LogP contribution in [0.4, 0.5) is 13.2 Å². The van der Waals surface area contributed by atoms with E-state index in [2.05, 4.69) is 5.32 Å². The highest BCUT2D eigenvalue weighted by Crippen LogP contribution is 2.35. The van der Waals surface area contributed by atoms with Gasteiger partial charge in [0, 0.05) is 6.54 Å². The van der Waals surface area contributed by atoms with Crippen LogP contribution in [0.5, 0.6) is 0 Å². The highest BCUT2D eigenvalue weighted by atomic mass is 32.2. The molecule has 6 nitrogen and oxygen atoms in total. The molecule has 0 bridgehead atoms. The van der Waals surface area contributed by atoms with Gasteiger partial charge in [-0.05, 0) is 18.6 Å². The van der Waals surface area contributed by atoms with Crippen LogP contribution in [0.1, 0.15) is 25.3 Å². The molecular formula is C17H25F3N3O3S+. The zero-order valence-electron chi connectivity index (χ0n) is 15.2. The smallest absolute Gasteiger partial charge is 0.351 e.